The minimum absolute atomic E-state index is 0.0260. The second-order valence-corrected chi connectivity index (χ2v) is 16.7. The summed E-state index contributed by atoms with van der Waals surface area (Å²) < 4.78 is 22.5. The highest BCUT2D eigenvalue weighted by Crippen LogP contribution is 2.81. The Morgan fingerprint density at radius 2 is 1.02 bits per heavy atom. The van der Waals surface area contributed by atoms with Crippen LogP contribution in [-0.2, 0) is 20.2 Å². The molecule has 1 heterocycles. The van der Waals surface area contributed by atoms with Crippen LogP contribution in [0.3, 0.4) is 0 Å². The van der Waals surface area contributed by atoms with E-state index in [4.69, 9.17) is 13.6 Å². The SMILES string of the molecule is CC12CCC(C1)C(C)(C)C21OP(Oc2ccccc2)OC2(c3ccccc3-c3ccccc31)C1(C)CCC(C1)C2(C)C. The highest BCUT2D eigenvalue weighted by molar-refractivity contribution is 7.42. The molecule has 0 amide bonds. The van der Waals surface area contributed by atoms with Crippen LogP contribution >= 0.6 is 8.60 Å². The van der Waals surface area contributed by atoms with Crippen LogP contribution in [0, 0.1) is 33.5 Å². The molecule has 3 aromatic rings. The van der Waals surface area contributed by atoms with Crippen LogP contribution in [0.2, 0.25) is 0 Å². The maximum absolute atomic E-state index is 7.79. The van der Waals surface area contributed by atoms with Crippen molar-refractivity contribution in [3.8, 4) is 16.9 Å². The molecule has 2 spiro atoms. The average molecular weight is 581 g/mol. The predicted octanol–water partition coefficient (Wildman–Crippen LogP) is 10.8. The molecule has 220 valence electrons. The van der Waals surface area contributed by atoms with Gasteiger partial charge in [0.2, 0.25) is 0 Å². The summed E-state index contributed by atoms with van der Waals surface area (Å²) in [6, 6.07) is 28.5. The van der Waals surface area contributed by atoms with Gasteiger partial charge in [-0.1, -0.05) is 108 Å². The Morgan fingerprint density at radius 3 is 1.45 bits per heavy atom. The van der Waals surface area contributed by atoms with E-state index in [2.05, 4.69) is 90.1 Å². The minimum atomic E-state index is -1.78. The van der Waals surface area contributed by atoms with Crippen LogP contribution in [0.1, 0.15) is 91.2 Å². The lowest BCUT2D eigenvalue weighted by atomic mass is 9.55. The smallest absolute Gasteiger partial charge is 0.399 e. The van der Waals surface area contributed by atoms with Crippen LogP contribution in [-0.4, -0.2) is 0 Å². The van der Waals surface area contributed by atoms with Crippen molar-refractivity contribution in [1.29, 1.82) is 0 Å². The van der Waals surface area contributed by atoms with Gasteiger partial charge in [0, 0.05) is 21.7 Å². The highest BCUT2D eigenvalue weighted by Gasteiger charge is 2.76. The zero-order valence-electron chi connectivity index (χ0n) is 26.1. The Balaban J connectivity index is 1.46. The number of hydrogen-bond donors (Lipinski definition) is 0. The van der Waals surface area contributed by atoms with Gasteiger partial charge in [-0.05, 0) is 84.7 Å². The molecule has 0 aromatic heterocycles. The van der Waals surface area contributed by atoms with Gasteiger partial charge in [-0.3, -0.25) is 9.05 Å². The van der Waals surface area contributed by atoms with E-state index in [1.54, 1.807) is 0 Å². The van der Waals surface area contributed by atoms with Crippen molar-refractivity contribution in [2.75, 3.05) is 0 Å². The molecule has 4 heteroatoms. The first kappa shape index (κ1) is 27.4. The standard InChI is InChI=1S/C38H45O3P/c1-33(2)26-20-22-35(5,24-26)37(33)31-18-12-10-16-29(31)30-17-11-13-19-32(30)38(34(3,4)27-21-23-36(38,6)25-27)41-42(40-37)39-28-14-8-7-9-15-28/h7-19,26-27H,20-25H2,1-6H3. The minimum Gasteiger partial charge on any atom is -0.427 e. The predicted molar refractivity (Wildman–Crippen MR) is 170 cm³/mol. The van der Waals surface area contributed by atoms with Crippen LogP contribution < -0.4 is 4.52 Å². The van der Waals surface area contributed by atoms with E-state index in [-0.39, 0.29) is 21.7 Å². The fraction of sp³-hybridized carbons (Fsp3) is 0.526. The average Bonchev–Trinajstić information content (AvgIpc) is 3.67. The zero-order chi connectivity index (χ0) is 29.2. The van der Waals surface area contributed by atoms with Crippen LogP contribution in [0.15, 0.2) is 78.9 Å². The first-order valence-corrected chi connectivity index (χ1v) is 17.2. The van der Waals surface area contributed by atoms with Crippen molar-refractivity contribution < 1.29 is 13.6 Å². The van der Waals surface area contributed by atoms with Gasteiger partial charge < -0.3 is 4.52 Å². The molecule has 1 aliphatic heterocycles. The molecule has 42 heavy (non-hydrogen) atoms. The van der Waals surface area contributed by atoms with Gasteiger partial charge in [0.15, 0.2) is 0 Å². The lowest BCUT2D eigenvalue weighted by Crippen LogP contribution is -2.54. The summed E-state index contributed by atoms with van der Waals surface area (Å²) in [4.78, 5) is 0. The fourth-order valence-electron chi connectivity index (χ4n) is 11.3. The molecule has 4 fully saturated rings. The van der Waals surface area contributed by atoms with Gasteiger partial charge in [-0.2, -0.15) is 0 Å². The first-order chi connectivity index (χ1) is 20.0. The normalized spacial score (nSPS) is 40.4. The summed E-state index contributed by atoms with van der Waals surface area (Å²) in [6.45, 7) is 14.8. The maximum Gasteiger partial charge on any atom is 0.399 e. The van der Waals surface area contributed by atoms with Crippen molar-refractivity contribution in [3.63, 3.8) is 0 Å². The van der Waals surface area contributed by atoms with Gasteiger partial charge in [0.25, 0.3) is 0 Å². The number of benzene rings is 3. The number of para-hydroxylation sites is 1. The van der Waals surface area contributed by atoms with Gasteiger partial charge in [-0.25, -0.2) is 0 Å². The molecular weight excluding hydrogens is 535 g/mol. The van der Waals surface area contributed by atoms with Crippen molar-refractivity contribution in [2.45, 2.75) is 91.3 Å². The van der Waals surface area contributed by atoms with E-state index in [1.807, 2.05) is 30.3 Å². The van der Waals surface area contributed by atoms with Crippen molar-refractivity contribution in [2.24, 2.45) is 33.5 Å². The third kappa shape index (κ3) is 3.14. The molecule has 4 bridgehead atoms. The second-order valence-electron chi connectivity index (χ2n) is 15.7. The Bertz CT molecular complexity index is 1440. The molecule has 8 rings (SSSR count). The third-order valence-electron chi connectivity index (χ3n) is 13.3. The van der Waals surface area contributed by atoms with Crippen molar-refractivity contribution in [3.05, 3.63) is 90.0 Å². The summed E-state index contributed by atoms with van der Waals surface area (Å²) in [5, 5.41) is 0. The fourth-order valence-corrected chi connectivity index (χ4v) is 13.2. The van der Waals surface area contributed by atoms with E-state index < -0.39 is 19.8 Å². The number of hydrogen-bond acceptors (Lipinski definition) is 3. The number of fused-ring (bicyclic) bond motifs is 11. The van der Waals surface area contributed by atoms with Gasteiger partial charge in [-0.15, -0.1) is 0 Å². The Hall–Kier alpha value is -2.19. The van der Waals surface area contributed by atoms with Crippen molar-refractivity contribution >= 4 is 8.60 Å². The lowest BCUT2D eigenvalue weighted by molar-refractivity contribution is -0.168. The maximum atomic E-state index is 7.79. The molecule has 4 aliphatic carbocycles. The third-order valence-corrected chi connectivity index (χ3v) is 14.5. The van der Waals surface area contributed by atoms with Crippen LogP contribution in [0.5, 0.6) is 5.75 Å². The number of rotatable bonds is 2. The highest BCUT2D eigenvalue weighted by atomic mass is 31.2. The van der Waals surface area contributed by atoms with Gasteiger partial charge >= 0.3 is 8.60 Å². The van der Waals surface area contributed by atoms with E-state index in [1.165, 1.54) is 47.9 Å². The van der Waals surface area contributed by atoms with E-state index >= 15 is 0 Å². The molecule has 5 aliphatic rings. The van der Waals surface area contributed by atoms with E-state index in [0.717, 1.165) is 18.6 Å². The molecule has 0 N–H and O–H groups in total. The van der Waals surface area contributed by atoms with Crippen molar-refractivity contribution in [1.82, 2.24) is 0 Å². The molecule has 0 saturated heterocycles. The zero-order valence-corrected chi connectivity index (χ0v) is 27.0. The Labute approximate surface area is 253 Å². The summed E-state index contributed by atoms with van der Waals surface area (Å²) in [5.41, 5.74) is 3.87. The summed E-state index contributed by atoms with van der Waals surface area (Å²) in [5.74, 6) is 1.99. The summed E-state index contributed by atoms with van der Waals surface area (Å²) in [7, 11) is -1.78. The topological polar surface area (TPSA) is 27.7 Å². The monoisotopic (exact) mass is 580 g/mol. The van der Waals surface area contributed by atoms with Crippen LogP contribution in [0.25, 0.3) is 11.1 Å². The van der Waals surface area contributed by atoms with Gasteiger partial charge in [0.1, 0.15) is 17.0 Å². The second kappa shape index (κ2) is 8.71. The molecule has 4 saturated carbocycles. The van der Waals surface area contributed by atoms with E-state index in [0.29, 0.717) is 11.8 Å². The molecular formula is C38H45O3P. The first-order valence-electron chi connectivity index (χ1n) is 16.1. The molecule has 3 nitrogen and oxygen atoms in total. The van der Waals surface area contributed by atoms with Gasteiger partial charge in [0.05, 0.1) is 0 Å². The largest absolute Gasteiger partial charge is 0.427 e. The lowest BCUT2D eigenvalue weighted by Gasteiger charge is -2.56. The Morgan fingerprint density at radius 1 is 0.595 bits per heavy atom. The molecule has 6 atom stereocenters. The molecule has 0 radical (unpaired) electrons. The summed E-state index contributed by atoms with van der Waals surface area (Å²) in [6.07, 6.45) is 7.15. The van der Waals surface area contributed by atoms with E-state index in [9.17, 15) is 0 Å². The summed E-state index contributed by atoms with van der Waals surface area (Å²) >= 11 is 0. The van der Waals surface area contributed by atoms with Crippen LogP contribution in [0.4, 0.5) is 0 Å². The molecule has 6 unspecified atom stereocenters. The quantitative estimate of drug-likeness (QED) is 0.282. The molecule has 3 aromatic carbocycles. The Kier molecular flexibility index (Phi) is 5.68.